The van der Waals surface area contributed by atoms with Gasteiger partial charge in [0.25, 0.3) is 0 Å². The van der Waals surface area contributed by atoms with Crippen molar-refractivity contribution in [3.05, 3.63) is 65.0 Å². The smallest absolute Gasteiger partial charge is 0.159 e. The minimum atomic E-state index is -0.940. The lowest BCUT2D eigenvalue weighted by Gasteiger charge is -2.30. The highest BCUT2D eigenvalue weighted by Crippen LogP contribution is 2.40. The second kappa shape index (κ2) is 4.83. The normalized spacial score (nSPS) is 21.2. The molecule has 3 rings (SSSR count). The molecule has 0 spiro atoms. The van der Waals surface area contributed by atoms with E-state index in [-0.39, 0.29) is 6.04 Å². The molecule has 104 valence electrons. The predicted molar refractivity (Wildman–Crippen MR) is 67.7 cm³/mol. The van der Waals surface area contributed by atoms with Crippen LogP contribution in [0.25, 0.3) is 0 Å². The van der Waals surface area contributed by atoms with Gasteiger partial charge in [0.15, 0.2) is 11.6 Å². The number of hydrogen-bond donors (Lipinski definition) is 1. The molecular formula is C15H12F3NO. The van der Waals surface area contributed by atoms with Crippen LogP contribution in [0.4, 0.5) is 13.2 Å². The third-order valence-electron chi connectivity index (χ3n) is 3.43. The van der Waals surface area contributed by atoms with E-state index in [2.05, 4.69) is 0 Å². The first-order valence-corrected chi connectivity index (χ1v) is 6.21. The minimum Gasteiger partial charge on any atom is -0.485 e. The summed E-state index contributed by atoms with van der Waals surface area (Å²) in [4.78, 5) is 0. The van der Waals surface area contributed by atoms with Gasteiger partial charge in [-0.05, 0) is 23.8 Å². The SMILES string of the molecule is NC1CC(c2ccc(F)c(F)c2)Oc2cc(F)ccc21. The van der Waals surface area contributed by atoms with E-state index in [1.807, 2.05) is 0 Å². The first-order valence-electron chi connectivity index (χ1n) is 6.21. The van der Waals surface area contributed by atoms with E-state index in [1.54, 1.807) is 6.07 Å². The molecule has 0 bridgehead atoms. The van der Waals surface area contributed by atoms with E-state index in [0.29, 0.717) is 23.3 Å². The Kier molecular flexibility index (Phi) is 3.14. The number of rotatable bonds is 1. The monoisotopic (exact) mass is 279 g/mol. The number of benzene rings is 2. The highest BCUT2D eigenvalue weighted by molar-refractivity contribution is 5.39. The summed E-state index contributed by atoms with van der Waals surface area (Å²) in [6.45, 7) is 0. The quantitative estimate of drug-likeness (QED) is 0.865. The molecule has 5 heteroatoms. The fourth-order valence-corrected chi connectivity index (χ4v) is 2.39. The summed E-state index contributed by atoms with van der Waals surface area (Å²) in [7, 11) is 0. The fraction of sp³-hybridized carbons (Fsp3) is 0.200. The molecule has 0 saturated heterocycles. The van der Waals surface area contributed by atoms with Gasteiger partial charge in [0.2, 0.25) is 0 Å². The molecule has 2 aromatic rings. The molecule has 0 radical (unpaired) electrons. The van der Waals surface area contributed by atoms with Gasteiger partial charge in [0.05, 0.1) is 0 Å². The van der Waals surface area contributed by atoms with E-state index in [0.717, 1.165) is 12.1 Å². The second-order valence-electron chi connectivity index (χ2n) is 4.80. The van der Waals surface area contributed by atoms with Gasteiger partial charge in [-0.15, -0.1) is 0 Å². The summed E-state index contributed by atoms with van der Waals surface area (Å²) in [5.74, 6) is -1.94. The van der Waals surface area contributed by atoms with E-state index < -0.39 is 23.6 Å². The van der Waals surface area contributed by atoms with E-state index in [1.165, 1.54) is 18.2 Å². The molecule has 0 saturated carbocycles. The Balaban J connectivity index is 1.96. The Morgan fingerprint density at radius 1 is 1.00 bits per heavy atom. The molecule has 1 heterocycles. The average Bonchev–Trinajstić information content (AvgIpc) is 2.41. The number of ether oxygens (including phenoxy) is 1. The molecule has 1 aliphatic rings. The maximum Gasteiger partial charge on any atom is 0.159 e. The van der Waals surface area contributed by atoms with Crippen molar-refractivity contribution in [2.75, 3.05) is 0 Å². The largest absolute Gasteiger partial charge is 0.485 e. The zero-order valence-corrected chi connectivity index (χ0v) is 10.4. The molecule has 2 unspecified atom stereocenters. The zero-order chi connectivity index (χ0) is 14.3. The highest BCUT2D eigenvalue weighted by Gasteiger charge is 2.27. The Bertz CT molecular complexity index is 660. The molecule has 0 aromatic heterocycles. The van der Waals surface area contributed by atoms with Crippen molar-refractivity contribution >= 4 is 0 Å². The lowest BCUT2D eigenvalue weighted by molar-refractivity contribution is 0.160. The van der Waals surface area contributed by atoms with Gasteiger partial charge in [0, 0.05) is 24.1 Å². The van der Waals surface area contributed by atoms with Gasteiger partial charge < -0.3 is 10.5 Å². The third-order valence-corrected chi connectivity index (χ3v) is 3.43. The molecular weight excluding hydrogens is 267 g/mol. The molecule has 0 amide bonds. The lowest BCUT2D eigenvalue weighted by atomic mass is 9.93. The van der Waals surface area contributed by atoms with Gasteiger partial charge in [-0.25, -0.2) is 13.2 Å². The van der Waals surface area contributed by atoms with Crippen molar-refractivity contribution in [3.8, 4) is 5.75 Å². The highest BCUT2D eigenvalue weighted by atomic mass is 19.2. The van der Waals surface area contributed by atoms with E-state index >= 15 is 0 Å². The summed E-state index contributed by atoms with van der Waals surface area (Å²) >= 11 is 0. The van der Waals surface area contributed by atoms with Crippen molar-refractivity contribution in [2.24, 2.45) is 5.73 Å². The maximum absolute atomic E-state index is 13.3. The van der Waals surface area contributed by atoms with Gasteiger partial charge in [-0.1, -0.05) is 12.1 Å². The van der Waals surface area contributed by atoms with Crippen molar-refractivity contribution in [1.82, 2.24) is 0 Å². The molecule has 2 nitrogen and oxygen atoms in total. The van der Waals surface area contributed by atoms with Gasteiger partial charge in [0.1, 0.15) is 17.7 Å². The Morgan fingerprint density at radius 2 is 1.80 bits per heavy atom. The van der Waals surface area contributed by atoms with Crippen molar-refractivity contribution in [1.29, 1.82) is 0 Å². The average molecular weight is 279 g/mol. The van der Waals surface area contributed by atoms with Crippen LogP contribution in [0.1, 0.15) is 29.7 Å². The van der Waals surface area contributed by atoms with Gasteiger partial charge in [-0.3, -0.25) is 0 Å². The molecule has 0 fully saturated rings. The minimum absolute atomic E-state index is 0.336. The van der Waals surface area contributed by atoms with Crippen molar-refractivity contribution < 1.29 is 17.9 Å². The summed E-state index contributed by atoms with van der Waals surface area (Å²) < 4.78 is 45.1. The van der Waals surface area contributed by atoms with Crippen LogP contribution in [0.5, 0.6) is 5.75 Å². The topological polar surface area (TPSA) is 35.2 Å². The molecule has 2 N–H and O–H groups in total. The van der Waals surface area contributed by atoms with Crippen LogP contribution in [0.2, 0.25) is 0 Å². The second-order valence-corrected chi connectivity index (χ2v) is 4.80. The van der Waals surface area contributed by atoms with Gasteiger partial charge in [-0.2, -0.15) is 0 Å². The standard InChI is InChI=1S/C15H12F3NO/c16-9-2-3-10-13(19)7-14(20-15(10)6-9)8-1-4-11(17)12(18)5-8/h1-6,13-14H,7,19H2. The lowest BCUT2D eigenvalue weighted by Crippen LogP contribution is -2.24. The maximum atomic E-state index is 13.3. The number of fused-ring (bicyclic) bond motifs is 1. The zero-order valence-electron chi connectivity index (χ0n) is 10.4. The Morgan fingerprint density at radius 3 is 2.55 bits per heavy atom. The third kappa shape index (κ3) is 2.25. The van der Waals surface area contributed by atoms with Crippen LogP contribution in [0.15, 0.2) is 36.4 Å². The van der Waals surface area contributed by atoms with E-state index in [9.17, 15) is 13.2 Å². The summed E-state index contributed by atoms with van der Waals surface area (Å²) in [5.41, 5.74) is 7.22. The van der Waals surface area contributed by atoms with Crippen LogP contribution >= 0.6 is 0 Å². The molecule has 0 aliphatic carbocycles. The van der Waals surface area contributed by atoms with E-state index in [4.69, 9.17) is 10.5 Å². The number of halogens is 3. The Labute approximate surface area is 114 Å². The van der Waals surface area contributed by atoms with Crippen LogP contribution < -0.4 is 10.5 Å². The van der Waals surface area contributed by atoms with Crippen molar-refractivity contribution in [3.63, 3.8) is 0 Å². The van der Waals surface area contributed by atoms with Gasteiger partial charge >= 0.3 is 0 Å². The molecule has 2 aromatic carbocycles. The summed E-state index contributed by atoms with van der Waals surface area (Å²) in [5, 5.41) is 0. The number of hydrogen-bond acceptors (Lipinski definition) is 2. The summed E-state index contributed by atoms with van der Waals surface area (Å²) in [6.07, 6.45) is -0.0987. The molecule has 1 aliphatic heterocycles. The first kappa shape index (κ1) is 13.0. The van der Waals surface area contributed by atoms with Crippen molar-refractivity contribution in [2.45, 2.75) is 18.6 Å². The molecule has 20 heavy (non-hydrogen) atoms. The first-order chi connectivity index (χ1) is 9.54. The van der Waals surface area contributed by atoms with Crippen LogP contribution in [0, 0.1) is 17.5 Å². The van der Waals surface area contributed by atoms with Crippen LogP contribution in [0.3, 0.4) is 0 Å². The fourth-order valence-electron chi connectivity index (χ4n) is 2.39. The van der Waals surface area contributed by atoms with Crippen LogP contribution in [-0.2, 0) is 0 Å². The predicted octanol–water partition coefficient (Wildman–Crippen LogP) is 3.63. The van der Waals surface area contributed by atoms with Crippen LogP contribution in [-0.4, -0.2) is 0 Å². The number of nitrogens with two attached hydrogens (primary N) is 1. The Hall–Kier alpha value is -2.01. The molecule has 2 atom stereocenters. The summed E-state index contributed by atoms with van der Waals surface area (Å²) in [6, 6.07) is 7.38.